The number of benzene rings is 1. The van der Waals surface area contributed by atoms with Crippen molar-refractivity contribution < 1.29 is 9.52 Å². The summed E-state index contributed by atoms with van der Waals surface area (Å²) in [5, 5.41) is 10.3. The minimum atomic E-state index is -0.148. The Balaban J connectivity index is 2.28. The summed E-state index contributed by atoms with van der Waals surface area (Å²) in [6.07, 6.45) is 2.59. The smallest absolute Gasteiger partial charge is 0.230 e. The predicted octanol–water partition coefficient (Wildman–Crippen LogP) is 3.06. The highest BCUT2D eigenvalue weighted by Crippen LogP contribution is 2.21. The zero-order chi connectivity index (χ0) is 18.0. The third-order valence-electron chi connectivity index (χ3n) is 4.06. The van der Waals surface area contributed by atoms with Gasteiger partial charge in [0.1, 0.15) is 4.99 Å². The van der Waals surface area contributed by atoms with E-state index in [1.54, 1.807) is 12.3 Å². The van der Waals surface area contributed by atoms with Gasteiger partial charge in [-0.1, -0.05) is 31.3 Å². The van der Waals surface area contributed by atoms with Crippen LogP contribution in [0.1, 0.15) is 29.3 Å². The standard InChI is InChI=1S/C19H19N3O2S/c1-3-12-4-6-14(7-5-12)22-19-16(18(20)25)8-15-13(10-23)9-21-11(2)17(15)24-19/h4-9,23H,3,10H2,1-2H3,(H2,20,25). The van der Waals surface area contributed by atoms with Crippen molar-refractivity contribution in [2.45, 2.75) is 26.9 Å². The van der Waals surface area contributed by atoms with Crippen molar-refractivity contribution >= 4 is 33.9 Å². The number of fused-ring (bicyclic) bond motifs is 1. The lowest BCUT2D eigenvalue weighted by molar-refractivity contribution is 0.282. The number of hydrogen-bond acceptors (Lipinski definition) is 5. The molecule has 3 aromatic rings. The molecule has 0 saturated carbocycles. The molecule has 0 atom stereocenters. The van der Waals surface area contributed by atoms with Crippen LogP contribution in [0.4, 0.5) is 5.69 Å². The maximum absolute atomic E-state index is 9.54. The number of rotatable bonds is 4. The van der Waals surface area contributed by atoms with Crippen LogP contribution in [-0.2, 0) is 13.0 Å². The van der Waals surface area contributed by atoms with Crippen LogP contribution in [0.3, 0.4) is 0 Å². The summed E-state index contributed by atoms with van der Waals surface area (Å²) < 4.78 is 5.98. The van der Waals surface area contributed by atoms with E-state index in [4.69, 9.17) is 22.4 Å². The molecule has 0 aliphatic rings. The summed E-state index contributed by atoms with van der Waals surface area (Å²) in [5.41, 5.74) is 10.6. The second-order valence-corrected chi connectivity index (χ2v) is 6.17. The molecule has 3 N–H and O–H groups in total. The first-order valence-electron chi connectivity index (χ1n) is 8.00. The molecule has 0 aliphatic heterocycles. The lowest BCUT2D eigenvalue weighted by atomic mass is 10.1. The first-order chi connectivity index (χ1) is 12.0. The van der Waals surface area contributed by atoms with Gasteiger partial charge in [0.05, 0.1) is 23.6 Å². The van der Waals surface area contributed by atoms with E-state index in [9.17, 15) is 5.11 Å². The van der Waals surface area contributed by atoms with Crippen LogP contribution in [0.25, 0.3) is 11.0 Å². The number of aryl methyl sites for hydroxylation is 2. The van der Waals surface area contributed by atoms with Crippen LogP contribution in [-0.4, -0.2) is 15.1 Å². The average molecular weight is 353 g/mol. The molecule has 0 fully saturated rings. The number of aliphatic hydroxyl groups is 1. The van der Waals surface area contributed by atoms with E-state index in [2.05, 4.69) is 16.9 Å². The summed E-state index contributed by atoms with van der Waals surface area (Å²) in [6.45, 7) is 3.79. The van der Waals surface area contributed by atoms with Gasteiger partial charge in [-0.15, -0.1) is 0 Å². The van der Waals surface area contributed by atoms with Crippen molar-refractivity contribution in [1.82, 2.24) is 4.98 Å². The Morgan fingerprint density at radius 3 is 2.64 bits per heavy atom. The first kappa shape index (κ1) is 17.3. The van der Waals surface area contributed by atoms with Gasteiger partial charge in [-0.25, -0.2) is 4.99 Å². The zero-order valence-electron chi connectivity index (χ0n) is 14.1. The summed E-state index contributed by atoms with van der Waals surface area (Å²) in [4.78, 5) is 9.01. The maximum Gasteiger partial charge on any atom is 0.230 e. The van der Waals surface area contributed by atoms with Crippen molar-refractivity contribution in [3.05, 3.63) is 64.5 Å². The van der Waals surface area contributed by atoms with Crippen molar-refractivity contribution in [2.75, 3.05) is 0 Å². The molecule has 0 saturated heterocycles. The highest BCUT2D eigenvalue weighted by molar-refractivity contribution is 7.80. The van der Waals surface area contributed by atoms with Gasteiger partial charge < -0.3 is 15.3 Å². The van der Waals surface area contributed by atoms with Gasteiger partial charge in [-0.05, 0) is 37.1 Å². The van der Waals surface area contributed by atoms with E-state index in [0.717, 1.165) is 17.5 Å². The molecule has 6 heteroatoms. The Morgan fingerprint density at radius 1 is 1.32 bits per heavy atom. The molecule has 2 aromatic heterocycles. The van der Waals surface area contributed by atoms with E-state index in [-0.39, 0.29) is 11.6 Å². The van der Waals surface area contributed by atoms with Gasteiger partial charge in [0.15, 0.2) is 5.58 Å². The number of aromatic nitrogens is 1. The number of nitrogens with zero attached hydrogens (tertiary/aromatic N) is 2. The fraction of sp³-hybridized carbons (Fsp3) is 0.211. The highest BCUT2D eigenvalue weighted by atomic mass is 32.1. The van der Waals surface area contributed by atoms with Gasteiger partial charge in [0.2, 0.25) is 5.55 Å². The third kappa shape index (κ3) is 3.45. The number of hydrogen-bond donors (Lipinski definition) is 2. The quantitative estimate of drug-likeness (QED) is 0.704. The molecular weight excluding hydrogens is 334 g/mol. The van der Waals surface area contributed by atoms with Crippen molar-refractivity contribution in [2.24, 2.45) is 10.7 Å². The van der Waals surface area contributed by atoms with Crippen LogP contribution in [0.5, 0.6) is 0 Å². The Morgan fingerprint density at radius 2 is 2.04 bits per heavy atom. The predicted molar refractivity (Wildman–Crippen MR) is 102 cm³/mol. The van der Waals surface area contributed by atoms with Crippen LogP contribution >= 0.6 is 12.2 Å². The Kier molecular flexibility index (Phi) is 4.92. The molecule has 5 nitrogen and oxygen atoms in total. The molecule has 25 heavy (non-hydrogen) atoms. The summed E-state index contributed by atoms with van der Waals surface area (Å²) in [6, 6.07) is 9.71. The van der Waals surface area contributed by atoms with E-state index in [0.29, 0.717) is 28.0 Å². The normalized spacial score (nSPS) is 11.9. The molecule has 1 aromatic carbocycles. The topological polar surface area (TPSA) is 84.6 Å². The van der Waals surface area contributed by atoms with Gasteiger partial charge in [-0.3, -0.25) is 4.98 Å². The fourth-order valence-electron chi connectivity index (χ4n) is 2.60. The minimum absolute atomic E-state index is 0.148. The molecule has 0 radical (unpaired) electrons. The Bertz CT molecular complexity index is 1010. The second-order valence-electron chi connectivity index (χ2n) is 5.73. The van der Waals surface area contributed by atoms with Crippen molar-refractivity contribution in [3.8, 4) is 0 Å². The number of thiocarbonyl (C=S) groups is 1. The summed E-state index contributed by atoms with van der Waals surface area (Å²) in [5.74, 6) is 0. The number of aliphatic hydroxyl groups excluding tert-OH is 1. The molecule has 2 heterocycles. The molecule has 0 bridgehead atoms. The van der Waals surface area contributed by atoms with Crippen LogP contribution in [0, 0.1) is 6.92 Å². The lowest BCUT2D eigenvalue weighted by Gasteiger charge is -2.08. The van der Waals surface area contributed by atoms with E-state index < -0.39 is 0 Å². The molecule has 0 amide bonds. The van der Waals surface area contributed by atoms with Crippen molar-refractivity contribution in [1.29, 1.82) is 0 Å². The fourth-order valence-corrected chi connectivity index (χ4v) is 2.74. The average Bonchev–Trinajstić information content (AvgIpc) is 2.62. The molecule has 0 aliphatic carbocycles. The van der Waals surface area contributed by atoms with Gasteiger partial charge in [-0.2, -0.15) is 0 Å². The third-order valence-corrected chi connectivity index (χ3v) is 4.28. The minimum Gasteiger partial charge on any atom is -0.436 e. The van der Waals surface area contributed by atoms with Crippen LogP contribution in [0.15, 0.2) is 45.9 Å². The number of nitrogens with two attached hydrogens (primary N) is 1. The van der Waals surface area contributed by atoms with Gasteiger partial charge >= 0.3 is 0 Å². The number of pyridine rings is 1. The SMILES string of the molecule is CCc1ccc(N=c2oc3c(C)ncc(CO)c3cc2C(N)=S)cc1. The molecular formula is C19H19N3O2S. The van der Waals surface area contributed by atoms with Crippen LogP contribution in [0.2, 0.25) is 0 Å². The van der Waals surface area contributed by atoms with Gasteiger partial charge in [0, 0.05) is 17.1 Å². The van der Waals surface area contributed by atoms with Gasteiger partial charge in [0.25, 0.3) is 0 Å². The summed E-state index contributed by atoms with van der Waals surface area (Å²) >= 11 is 5.16. The largest absolute Gasteiger partial charge is 0.436 e. The van der Waals surface area contributed by atoms with Crippen LogP contribution < -0.4 is 11.3 Å². The Labute approximate surface area is 150 Å². The molecule has 0 unspecified atom stereocenters. The molecule has 3 rings (SSSR count). The Hall–Kier alpha value is -2.57. The van der Waals surface area contributed by atoms with E-state index in [1.807, 2.05) is 31.2 Å². The molecule has 128 valence electrons. The second kappa shape index (κ2) is 7.13. The van der Waals surface area contributed by atoms with E-state index in [1.165, 1.54) is 5.56 Å². The maximum atomic E-state index is 9.54. The lowest BCUT2D eigenvalue weighted by Crippen LogP contribution is -2.21. The molecule has 0 spiro atoms. The highest BCUT2D eigenvalue weighted by Gasteiger charge is 2.12. The summed E-state index contributed by atoms with van der Waals surface area (Å²) in [7, 11) is 0. The van der Waals surface area contributed by atoms with Crippen molar-refractivity contribution in [3.63, 3.8) is 0 Å². The zero-order valence-corrected chi connectivity index (χ0v) is 14.9. The first-order valence-corrected chi connectivity index (χ1v) is 8.41. The monoisotopic (exact) mass is 353 g/mol. The van der Waals surface area contributed by atoms with E-state index >= 15 is 0 Å².